The van der Waals surface area contributed by atoms with Gasteiger partial charge in [-0.1, -0.05) is 0 Å². The first-order chi connectivity index (χ1) is 8.66. The van der Waals surface area contributed by atoms with E-state index in [1.54, 1.807) is 6.92 Å². The molecule has 1 atom stereocenters. The van der Waals surface area contributed by atoms with Gasteiger partial charge in [0.05, 0.1) is 0 Å². The maximum atomic E-state index is 12.6. The van der Waals surface area contributed by atoms with Crippen LogP contribution in [0.1, 0.15) is 39.0 Å². The Labute approximate surface area is 108 Å². The molecule has 0 aliphatic heterocycles. The first-order valence-electron chi connectivity index (χ1n) is 6.03. The second-order valence-electron chi connectivity index (χ2n) is 4.87. The molecule has 0 saturated heterocycles. The maximum Gasteiger partial charge on any atom is 0.411 e. The number of halogens is 3. The van der Waals surface area contributed by atoms with Crippen LogP contribution >= 0.6 is 0 Å². The van der Waals surface area contributed by atoms with Crippen molar-refractivity contribution < 1.29 is 27.9 Å². The number of alkyl halides is 3. The molecule has 0 spiro atoms. The smallest absolute Gasteiger partial charge is 0.411 e. The third-order valence-electron chi connectivity index (χ3n) is 3.05. The maximum absolute atomic E-state index is 12.6. The van der Waals surface area contributed by atoms with Crippen LogP contribution in [0.5, 0.6) is 0 Å². The van der Waals surface area contributed by atoms with Gasteiger partial charge in [-0.15, -0.1) is 0 Å². The van der Waals surface area contributed by atoms with Crippen molar-refractivity contribution in [3.63, 3.8) is 0 Å². The first kappa shape index (κ1) is 15.6. The van der Waals surface area contributed by atoms with Crippen molar-refractivity contribution in [1.82, 2.24) is 10.6 Å². The number of rotatable bonds is 6. The number of carbonyl (C=O) groups is 2. The monoisotopic (exact) mass is 282 g/mol. The van der Waals surface area contributed by atoms with Crippen LogP contribution in [0.15, 0.2) is 0 Å². The van der Waals surface area contributed by atoms with Crippen molar-refractivity contribution in [2.75, 3.05) is 0 Å². The summed E-state index contributed by atoms with van der Waals surface area (Å²) in [4.78, 5) is 21.7. The van der Waals surface area contributed by atoms with E-state index >= 15 is 0 Å². The highest BCUT2D eigenvalue weighted by molar-refractivity contribution is 5.75. The highest BCUT2D eigenvalue weighted by atomic mass is 19.4. The van der Waals surface area contributed by atoms with Crippen molar-refractivity contribution in [3.8, 4) is 0 Å². The van der Waals surface area contributed by atoms with Gasteiger partial charge in [0.1, 0.15) is 5.54 Å². The second-order valence-corrected chi connectivity index (χ2v) is 4.87. The van der Waals surface area contributed by atoms with Crippen LogP contribution in [0.2, 0.25) is 0 Å². The Hall–Kier alpha value is -1.47. The van der Waals surface area contributed by atoms with E-state index in [2.05, 4.69) is 5.32 Å². The highest BCUT2D eigenvalue weighted by Gasteiger charge is 2.64. The third kappa shape index (κ3) is 4.60. The number of amides is 2. The quantitative estimate of drug-likeness (QED) is 0.697. The minimum atomic E-state index is -4.43. The molecule has 1 saturated carbocycles. The zero-order chi connectivity index (χ0) is 14.7. The van der Waals surface area contributed by atoms with Gasteiger partial charge in [0.2, 0.25) is 0 Å². The Balaban J connectivity index is 2.30. The van der Waals surface area contributed by atoms with Crippen molar-refractivity contribution in [2.45, 2.75) is 56.8 Å². The van der Waals surface area contributed by atoms with E-state index in [0.717, 1.165) is 0 Å². The van der Waals surface area contributed by atoms with Gasteiger partial charge in [0, 0.05) is 12.5 Å². The molecule has 0 bridgehead atoms. The summed E-state index contributed by atoms with van der Waals surface area (Å²) in [5, 5.41) is 12.8. The predicted molar refractivity (Wildman–Crippen MR) is 60.6 cm³/mol. The number of aliphatic carboxylic acids is 1. The number of carboxylic acids is 1. The van der Waals surface area contributed by atoms with Gasteiger partial charge in [-0.25, -0.2) is 4.79 Å². The topological polar surface area (TPSA) is 78.4 Å². The van der Waals surface area contributed by atoms with Crippen LogP contribution < -0.4 is 10.6 Å². The first-order valence-corrected chi connectivity index (χ1v) is 6.03. The van der Waals surface area contributed by atoms with Crippen LogP contribution in [0.25, 0.3) is 0 Å². The summed E-state index contributed by atoms with van der Waals surface area (Å²) < 4.78 is 37.7. The molecule has 0 radical (unpaired) electrons. The minimum absolute atomic E-state index is 0.0277. The molecule has 2 amide bonds. The second kappa shape index (κ2) is 5.66. The molecule has 1 unspecified atom stereocenters. The van der Waals surface area contributed by atoms with E-state index in [4.69, 9.17) is 5.11 Å². The van der Waals surface area contributed by atoms with Crippen molar-refractivity contribution >= 4 is 12.0 Å². The van der Waals surface area contributed by atoms with Crippen LogP contribution in [0.3, 0.4) is 0 Å². The van der Waals surface area contributed by atoms with Gasteiger partial charge < -0.3 is 15.7 Å². The lowest BCUT2D eigenvalue weighted by atomic mass is 10.1. The van der Waals surface area contributed by atoms with Gasteiger partial charge in [0.15, 0.2) is 0 Å². The van der Waals surface area contributed by atoms with Crippen molar-refractivity contribution in [2.24, 2.45) is 0 Å². The number of nitrogens with one attached hydrogen (secondary N) is 2. The molecule has 1 rings (SSSR count). The fraction of sp³-hybridized carbons (Fsp3) is 0.818. The van der Waals surface area contributed by atoms with E-state index in [9.17, 15) is 22.8 Å². The fourth-order valence-corrected chi connectivity index (χ4v) is 1.71. The SMILES string of the molecule is CC(CCCC(=O)O)NC(=O)NC1(C(F)(F)F)CC1. The number of carbonyl (C=O) groups excluding carboxylic acids is 1. The average molecular weight is 282 g/mol. The zero-order valence-electron chi connectivity index (χ0n) is 10.5. The lowest BCUT2D eigenvalue weighted by molar-refractivity contribution is -0.162. The minimum Gasteiger partial charge on any atom is -0.481 e. The Morgan fingerprint density at radius 3 is 2.37 bits per heavy atom. The number of urea groups is 1. The molecular formula is C11H17F3N2O3. The standard InChI is InChI=1S/C11H17F3N2O3/c1-7(3-2-4-8(17)18)15-9(19)16-10(5-6-10)11(12,13)14/h7H,2-6H2,1H3,(H,17,18)(H2,15,16,19). The Kier molecular flexibility index (Phi) is 4.65. The summed E-state index contributed by atoms with van der Waals surface area (Å²) in [7, 11) is 0. The Morgan fingerprint density at radius 2 is 1.95 bits per heavy atom. The van der Waals surface area contributed by atoms with Crippen LogP contribution in [0.4, 0.5) is 18.0 Å². The van der Waals surface area contributed by atoms with Gasteiger partial charge in [-0.3, -0.25) is 4.79 Å². The number of carboxylic acid groups (broad SMARTS) is 1. The highest BCUT2D eigenvalue weighted by Crippen LogP contribution is 2.48. The molecule has 0 heterocycles. The fourth-order valence-electron chi connectivity index (χ4n) is 1.71. The molecule has 110 valence electrons. The Morgan fingerprint density at radius 1 is 1.37 bits per heavy atom. The molecule has 19 heavy (non-hydrogen) atoms. The summed E-state index contributed by atoms with van der Waals surface area (Å²) >= 11 is 0. The number of hydrogen-bond donors (Lipinski definition) is 3. The summed E-state index contributed by atoms with van der Waals surface area (Å²) in [6.07, 6.45) is -3.90. The zero-order valence-corrected chi connectivity index (χ0v) is 10.5. The van der Waals surface area contributed by atoms with Gasteiger partial charge in [-0.05, 0) is 32.6 Å². The molecule has 1 aliphatic carbocycles. The molecule has 1 aliphatic rings. The normalized spacial score (nSPS) is 18.5. The predicted octanol–water partition coefficient (Wildman–Crippen LogP) is 2.02. The Bertz CT molecular complexity index is 354. The summed E-state index contributed by atoms with van der Waals surface area (Å²) in [5.41, 5.74) is -2.07. The molecule has 5 nitrogen and oxygen atoms in total. The van der Waals surface area contributed by atoms with Crippen LogP contribution in [0, 0.1) is 0 Å². The van der Waals surface area contributed by atoms with Crippen LogP contribution in [-0.2, 0) is 4.79 Å². The molecule has 0 aromatic carbocycles. The molecule has 8 heteroatoms. The van der Waals surface area contributed by atoms with Gasteiger partial charge in [-0.2, -0.15) is 13.2 Å². The molecule has 3 N–H and O–H groups in total. The molecule has 1 fully saturated rings. The lowest BCUT2D eigenvalue weighted by Gasteiger charge is -2.22. The van der Waals surface area contributed by atoms with E-state index < -0.39 is 23.7 Å². The van der Waals surface area contributed by atoms with Gasteiger partial charge >= 0.3 is 18.2 Å². The summed E-state index contributed by atoms with van der Waals surface area (Å²) in [6.45, 7) is 1.62. The molecular weight excluding hydrogens is 265 g/mol. The molecule has 0 aromatic heterocycles. The van der Waals surface area contributed by atoms with Crippen molar-refractivity contribution in [1.29, 1.82) is 0 Å². The average Bonchev–Trinajstić information content (AvgIpc) is 2.96. The van der Waals surface area contributed by atoms with Crippen LogP contribution in [-0.4, -0.2) is 34.9 Å². The summed E-state index contributed by atoms with van der Waals surface area (Å²) in [6, 6.07) is -1.24. The summed E-state index contributed by atoms with van der Waals surface area (Å²) in [5.74, 6) is -0.939. The van der Waals surface area contributed by atoms with E-state index in [1.165, 1.54) is 0 Å². The lowest BCUT2D eigenvalue weighted by Crippen LogP contribution is -2.53. The largest absolute Gasteiger partial charge is 0.481 e. The molecule has 0 aromatic rings. The number of hydrogen-bond acceptors (Lipinski definition) is 2. The van der Waals surface area contributed by atoms with E-state index in [-0.39, 0.29) is 25.3 Å². The van der Waals surface area contributed by atoms with E-state index in [0.29, 0.717) is 12.8 Å². The van der Waals surface area contributed by atoms with E-state index in [1.807, 2.05) is 5.32 Å². The van der Waals surface area contributed by atoms with Crippen molar-refractivity contribution in [3.05, 3.63) is 0 Å². The third-order valence-corrected chi connectivity index (χ3v) is 3.05. The van der Waals surface area contributed by atoms with Gasteiger partial charge in [0.25, 0.3) is 0 Å².